The van der Waals surface area contributed by atoms with Crippen molar-refractivity contribution in [3.8, 4) is 0 Å². The number of imidazole rings is 1. The van der Waals surface area contributed by atoms with E-state index in [0.29, 0.717) is 12.4 Å². The van der Waals surface area contributed by atoms with Crippen LogP contribution in [0.25, 0.3) is 11.0 Å². The molecule has 1 amide bonds. The Morgan fingerprint density at radius 2 is 2.04 bits per heavy atom. The summed E-state index contributed by atoms with van der Waals surface area (Å²) in [5.74, 6) is 0.146. The lowest BCUT2D eigenvalue weighted by molar-refractivity contribution is -0.116. The Kier molecular flexibility index (Phi) is 4.37. The summed E-state index contributed by atoms with van der Waals surface area (Å²) in [6.07, 6.45) is 0.784. The van der Waals surface area contributed by atoms with E-state index in [9.17, 15) is 9.18 Å². The minimum absolute atomic E-state index is 0.126. The van der Waals surface area contributed by atoms with Gasteiger partial charge >= 0.3 is 0 Å². The highest BCUT2D eigenvalue weighted by Gasteiger charge is 2.12. The lowest BCUT2D eigenvalue weighted by atomic mass is 10.1. The number of aromatic nitrogens is 2. The molecule has 0 saturated carbocycles. The van der Waals surface area contributed by atoms with Crippen molar-refractivity contribution in [1.82, 2.24) is 9.55 Å². The number of anilines is 1. The summed E-state index contributed by atoms with van der Waals surface area (Å²) in [6, 6.07) is 14.1. The zero-order chi connectivity index (χ0) is 16.2. The van der Waals surface area contributed by atoms with E-state index >= 15 is 0 Å². The van der Waals surface area contributed by atoms with Gasteiger partial charge in [-0.25, -0.2) is 9.37 Å². The Balaban J connectivity index is 1.70. The molecule has 118 valence electrons. The molecule has 0 unspecified atom stereocenters. The van der Waals surface area contributed by atoms with Crippen molar-refractivity contribution in [2.75, 3.05) is 5.32 Å². The van der Waals surface area contributed by atoms with E-state index in [-0.39, 0.29) is 18.1 Å². The van der Waals surface area contributed by atoms with Crippen LogP contribution in [0.2, 0.25) is 0 Å². The smallest absolute Gasteiger partial charge is 0.227 e. The van der Waals surface area contributed by atoms with Crippen LogP contribution in [0.4, 0.5) is 10.3 Å². The van der Waals surface area contributed by atoms with Gasteiger partial charge in [0.05, 0.1) is 11.0 Å². The SMILES string of the molecule is CCn1c(NC(=O)CCc2cccc(F)c2)nc2ccccc21. The van der Waals surface area contributed by atoms with Crippen LogP contribution in [-0.2, 0) is 17.8 Å². The standard InChI is InChI=1S/C18H18FN3O/c1-2-22-16-9-4-3-8-15(16)20-18(22)21-17(23)11-10-13-6-5-7-14(19)12-13/h3-9,12H,2,10-11H2,1H3,(H,20,21,23). The van der Waals surface area contributed by atoms with Crippen molar-refractivity contribution in [3.63, 3.8) is 0 Å². The maximum Gasteiger partial charge on any atom is 0.227 e. The topological polar surface area (TPSA) is 46.9 Å². The number of carbonyl (C=O) groups is 1. The van der Waals surface area contributed by atoms with Crippen molar-refractivity contribution in [2.45, 2.75) is 26.3 Å². The van der Waals surface area contributed by atoms with Crippen LogP contribution in [0.1, 0.15) is 18.9 Å². The number of aryl methyl sites for hydroxylation is 2. The third-order valence-corrected chi connectivity index (χ3v) is 3.75. The molecule has 0 fully saturated rings. The van der Waals surface area contributed by atoms with E-state index in [0.717, 1.165) is 23.1 Å². The van der Waals surface area contributed by atoms with Crippen LogP contribution in [0.5, 0.6) is 0 Å². The Morgan fingerprint density at radius 1 is 1.22 bits per heavy atom. The summed E-state index contributed by atoms with van der Waals surface area (Å²) < 4.78 is 15.1. The normalized spacial score (nSPS) is 10.9. The number of carbonyl (C=O) groups excluding carboxylic acids is 1. The quantitative estimate of drug-likeness (QED) is 0.779. The molecule has 4 nitrogen and oxygen atoms in total. The summed E-state index contributed by atoms with van der Waals surface area (Å²) in [7, 11) is 0. The molecule has 0 spiro atoms. The number of hydrogen-bond donors (Lipinski definition) is 1. The first-order valence-corrected chi connectivity index (χ1v) is 7.67. The summed E-state index contributed by atoms with van der Waals surface area (Å²) >= 11 is 0. The molecule has 0 bridgehead atoms. The average Bonchev–Trinajstić information content (AvgIpc) is 2.90. The molecule has 23 heavy (non-hydrogen) atoms. The van der Waals surface area contributed by atoms with E-state index in [1.807, 2.05) is 41.8 Å². The largest absolute Gasteiger partial charge is 0.310 e. The number of halogens is 1. The summed E-state index contributed by atoms with van der Waals surface area (Å²) in [6.45, 7) is 2.73. The third kappa shape index (κ3) is 3.39. The fourth-order valence-electron chi connectivity index (χ4n) is 2.63. The first-order valence-electron chi connectivity index (χ1n) is 7.67. The second-order valence-corrected chi connectivity index (χ2v) is 5.35. The van der Waals surface area contributed by atoms with Gasteiger partial charge in [0.2, 0.25) is 11.9 Å². The predicted octanol–water partition coefficient (Wildman–Crippen LogP) is 3.77. The maximum atomic E-state index is 13.1. The average molecular weight is 311 g/mol. The van der Waals surface area contributed by atoms with E-state index in [1.165, 1.54) is 12.1 Å². The van der Waals surface area contributed by atoms with Gasteiger partial charge in [0.15, 0.2) is 0 Å². The Morgan fingerprint density at radius 3 is 2.83 bits per heavy atom. The first-order chi connectivity index (χ1) is 11.2. The summed E-state index contributed by atoms with van der Waals surface area (Å²) in [5.41, 5.74) is 2.66. The van der Waals surface area contributed by atoms with Gasteiger partial charge < -0.3 is 4.57 Å². The predicted molar refractivity (Wildman–Crippen MR) is 88.8 cm³/mol. The molecule has 0 aliphatic rings. The fourth-order valence-corrected chi connectivity index (χ4v) is 2.63. The summed E-state index contributed by atoms with van der Waals surface area (Å²) in [4.78, 5) is 16.6. The Bertz CT molecular complexity index is 841. The number of fused-ring (bicyclic) bond motifs is 1. The first kappa shape index (κ1) is 15.2. The highest BCUT2D eigenvalue weighted by Crippen LogP contribution is 2.19. The van der Waals surface area contributed by atoms with E-state index in [1.54, 1.807) is 6.07 Å². The van der Waals surface area contributed by atoms with Crippen LogP contribution in [-0.4, -0.2) is 15.5 Å². The molecule has 5 heteroatoms. The van der Waals surface area contributed by atoms with Gasteiger partial charge in [-0.05, 0) is 43.2 Å². The highest BCUT2D eigenvalue weighted by molar-refractivity contribution is 5.91. The molecule has 0 atom stereocenters. The van der Waals surface area contributed by atoms with Crippen molar-refractivity contribution in [1.29, 1.82) is 0 Å². The summed E-state index contributed by atoms with van der Waals surface area (Å²) in [5, 5.41) is 2.85. The van der Waals surface area contributed by atoms with Crippen LogP contribution < -0.4 is 5.32 Å². The van der Waals surface area contributed by atoms with Gasteiger partial charge in [-0.1, -0.05) is 24.3 Å². The molecule has 3 aromatic rings. The van der Waals surface area contributed by atoms with Gasteiger partial charge in [-0.2, -0.15) is 0 Å². The number of nitrogens with zero attached hydrogens (tertiary/aromatic N) is 2. The lowest BCUT2D eigenvalue weighted by Crippen LogP contribution is -2.16. The van der Waals surface area contributed by atoms with Crippen molar-refractivity contribution >= 4 is 22.9 Å². The van der Waals surface area contributed by atoms with Crippen LogP contribution in [0, 0.1) is 5.82 Å². The van der Waals surface area contributed by atoms with Gasteiger partial charge in [0.25, 0.3) is 0 Å². The van der Waals surface area contributed by atoms with Gasteiger partial charge in [0.1, 0.15) is 5.82 Å². The Hall–Kier alpha value is -2.69. The molecule has 1 N–H and O–H groups in total. The fraction of sp³-hybridized carbons (Fsp3) is 0.222. The van der Waals surface area contributed by atoms with Gasteiger partial charge in [0, 0.05) is 13.0 Å². The molecule has 0 saturated heterocycles. The van der Waals surface area contributed by atoms with Crippen LogP contribution >= 0.6 is 0 Å². The minimum atomic E-state index is -0.282. The molecular formula is C18H18FN3O. The van der Waals surface area contributed by atoms with Crippen molar-refractivity contribution in [2.24, 2.45) is 0 Å². The second kappa shape index (κ2) is 6.60. The minimum Gasteiger partial charge on any atom is -0.310 e. The van der Waals surface area contributed by atoms with Gasteiger partial charge in [-0.15, -0.1) is 0 Å². The molecular weight excluding hydrogens is 293 g/mol. The molecule has 0 aliphatic heterocycles. The third-order valence-electron chi connectivity index (χ3n) is 3.75. The van der Waals surface area contributed by atoms with E-state index in [2.05, 4.69) is 10.3 Å². The molecule has 0 aliphatic carbocycles. The molecule has 3 rings (SSSR count). The molecule has 1 aromatic heterocycles. The van der Waals surface area contributed by atoms with E-state index < -0.39 is 0 Å². The lowest BCUT2D eigenvalue weighted by Gasteiger charge is -2.07. The number of nitrogens with one attached hydrogen (secondary N) is 1. The molecule has 0 radical (unpaired) electrons. The number of hydrogen-bond acceptors (Lipinski definition) is 2. The maximum absolute atomic E-state index is 13.1. The Labute approximate surface area is 134 Å². The van der Waals surface area contributed by atoms with Crippen molar-refractivity contribution in [3.05, 3.63) is 59.9 Å². The molecule has 1 heterocycles. The highest BCUT2D eigenvalue weighted by atomic mass is 19.1. The van der Waals surface area contributed by atoms with E-state index in [4.69, 9.17) is 0 Å². The van der Waals surface area contributed by atoms with Gasteiger partial charge in [-0.3, -0.25) is 10.1 Å². The number of benzene rings is 2. The second-order valence-electron chi connectivity index (χ2n) is 5.35. The molecule has 2 aromatic carbocycles. The zero-order valence-electron chi connectivity index (χ0n) is 12.9. The van der Waals surface area contributed by atoms with Crippen molar-refractivity contribution < 1.29 is 9.18 Å². The number of rotatable bonds is 5. The monoisotopic (exact) mass is 311 g/mol. The van der Waals surface area contributed by atoms with Crippen LogP contribution in [0.15, 0.2) is 48.5 Å². The van der Waals surface area contributed by atoms with Crippen LogP contribution in [0.3, 0.4) is 0 Å². The zero-order valence-corrected chi connectivity index (χ0v) is 12.9. The number of para-hydroxylation sites is 2. The number of amides is 1.